The lowest BCUT2D eigenvalue weighted by molar-refractivity contribution is -0.891. The number of likely N-dealkylation sites (tertiary alicyclic amines) is 1. The van der Waals surface area contributed by atoms with E-state index in [2.05, 4.69) is 0 Å². The Morgan fingerprint density at radius 1 is 1.18 bits per heavy atom. The molecule has 0 bridgehead atoms. The lowest BCUT2D eigenvalue weighted by Crippen LogP contribution is -3.00. The average molecular weight is 456 g/mol. The summed E-state index contributed by atoms with van der Waals surface area (Å²) in [5.41, 5.74) is -1.00. The van der Waals surface area contributed by atoms with E-state index in [1.54, 1.807) is 12.1 Å². The Labute approximate surface area is 177 Å². The number of hydrogen-bond acceptors (Lipinski definition) is 5. The first kappa shape index (κ1) is 22.8. The van der Waals surface area contributed by atoms with E-state index < -0.39 is 11.6 Å². The first-order valence-corrected chi connectivity index (χ1v) is 9.77. The van der Waals surface area contributed by atoms with Crippen molar-refractivity contribution in [2.75, 3.05) is 33.8 Å². The van der Waals surface area contributed by atoms with Gasteiger partial charge in [-0.2, -0.15) is 0 Å². The number of ether oxygens (including phenoxy) is 2. The number of methoxy groups -OCH3 is 1. The lowest BCUT2D eigenvalue weighted by atomic mass is 9.80. The van der Waals surface area contributed by atoms with E-state index in [1.807, 2.05) is 25.2 Å². The molecule has 2 fully saturated rings. The number of halogens is 1. The zero-order valence-electron chi connectivity index (χ0n) is 16.6. The monoisotopic (exact) mass is 455 g/mol. The molecular formula is C21H30BrNO5. The van der Waals surface area contributed by atoms with Gasteiger partial charge in [-0.05, 0) is 18.4 Å². The Bertz CT molecular complexity index is 679. The Kier molecular flexibility index (Phi) is 7.65. The van der Waals surface area contributed by atoms with Gasteiger partial charge in [0.25, 0.3) is 0 Å². The van der Waals surface area contributed by atoms with Gasteiger partial charge in [0.05, 0.1) is 20.7 Å². The van der Waals surface area contributed by atoms with Crippen LogP contribution in [-0.2, 0) is 24.7 Å². The molecule has 2 aliphatic rings. The molecule has 0 amide bonds. The van der Waals surface area contributed by atoms with Crippen LogP contribution in [0.5, 0.6) is 0 Å². The highest BCUT2D eigenvalue weighted by Gasteiger charge is 2.49. The standard InChI is InChI=1S/C21H30NO5.BrH/c1-22(15-19(23)26-2)13-12-18(14-22)27-20(24)21(25,17-10-6-7-11-17)16-8-4-3-5-9-16;/h3-5,8-9,17-18,25H,6-7,10-15H2,1-2H3;1H/q+1;/p-1. The Hall–Kier alpha value is -1.44. The Morgan fingerprint density at radius 3 is 2.43 bits per heavy atom. The molecule has 1 N–H and O–H groups in total. The van der Waals surface area contributed by atoms with Crippen LogP contribution in [0.1, 0.15) is 37.7 Å². The van der Waals surface area contributed by atoms with E-state index in [-0.39, 0.29) is 41.5 Å². The molecule has 0 radical (unpaired) electrons. The summed E-state index contributed by atoms with van der Waals surface area (Å²) in [7, 11) is 3.34. The zero-order valence-corrected chi connectivity index (χ0v) is 18.2. The van der Waals surface area contributed by atoms with Crippen molar-refractivity contribution in [2.45, 2.75) is 43.8 Å². The first-order valence-electron chi connectivity index (χ1n) is 9.77. The van der Waals surface area contributed by atoms with E-state index >= 15 is 0 Å². The average Bonchev–Trinajstić information content (AvgIpc) is 3.32. The lowest BCUT2D eigenvalue weighted by Gasteiger charge is -2.33. The van der Waals surface area contributed by atoms with Gasteiger partial charge < -0.3 is 36.0 Å². The number of benzene rings is 1. The van der Waals surface area contributed by atoms with E-state index in [1.165, 1.54) is 7.11 Å². The maximum absolute atomic E-state index is 13.1. The highest BCUT2D eigenvalue weighted by atomic mass is 79.9. The van der Waals surface area contributed by atoms with Crippen molar-refractivity contribution >= 4 is 11.9 Å². The van der Waals surface area contributed by atoms with Gasteiger partial charge in [-0.3, -0.25) is 0 Å². The van der Waals surface area contributed by atoms with Gasteiger partial charge in [0.2, 0.25) is 0 Å². The van der Waals surface area contributed by atoms with Crippen molar-refractivity contribution < 1.29 is 45.6 Å². The molecule has 0 aromatic heterocycles. The molecule has 0 spiro atoms. The van der Waals surface area contributed by atoms with Gasteiger partial charge in [-0.15, -0.1) is 0 Å². The number of carbonyl (C=O) groups excluding carboxylic acids is 2. The normalized spacial score (nSPS) is 26.9. The minimum atomic E-state index is -1.61. The smallest absolute Gasteiger partial charge is 0.361 e. The van der Waals surface area contributed by atoms with E-state index in [4.69, 9.17) is 9.47 Å². The predicted molar refractivity (Wildman–Crippen MR) is 99.6 cm³/mol. The van der Waals surface area contributed by atoms with Crippen LogP contribution in [0.25, 0.3) is 0 Å². The molecule has 1 aromatic carbocycles. The summed E-state index contributed by atoms with van der Waals surface area (Å²) < 4.78 is 11.1. The van der Waals surface area contributed by atoms with E-state index in [9.17, 15) is 14.7 Å². The van der Waals surface area contributed by atoms with Crippen LogP contribution in [0.3, 0.4) is 0 Å². The van der Waals surface area contributed by atoms with Crippen LogP contribution in [0, 0.1) is 5.92 Å². The third-order valence-corrected chi connectivity index (χ3v) is 6.12. The SMILES string of the molecule is COC(=O)C[N+]1(C)CCC(OC(=O)C(O)(c2ccccc2)C2CCCC2)C1.[Br-]. The summed E-state index contributed by atoms with van der Waals surface area (Å²) in [5.74, 6) is -0.946. The molecule has 1 aromatic rings. The summed E-state index contributed by atoms with van der Waals surface area (Å²) in [6, 6.07) is 9.14. The van der Waals surface area contributed by atoms with Gasteiger partial charge in [-0.1, -0.05) is 43.2 Å². The van der Waals surface area contributed by atoms with E-state index in [0.717, 1.165) is 32.2 Å². The molecule has 1 saturated carbocycles. The maximum atomic E-state index is 13.1. The quantitative estimate of drug-likeness (QED) is 0.440. The Morgan fingerprint density at radius 2 is 1.82 bits per heavy atom. The van der Waals surface area contributed by atoms with Crippen molar-refractivity contribution in [3.05, 3.63) is 35.9 Å². The van der Waals surface area contributed by atoms with Crippen molar-refractivity contribution in [3.63, 3.8) is 0 Å². The van der Waals surface area contributed by atoms with Gasteiger partial charge in [-0.25, -0.2) is 9.59 Å². The van der Waals surface area contributed by atoms with Crippen molar-refractivity contribution in [3.8, 4) is 0 Å². The summed E-state index contributed by atoms with van der Waals surface area (Å²) in [5, 5.41) is 11.5. The number of hydrogen-bond donors (Lipinski definition) is 1. The van der Waals surface area contributed by atoms with Gasteiger partial charge in [0, 0.05) is 12.3 Å². The molecule has 1 heterocycles. The number of likely N-dealkylation sites (N-methyl/N-ethyl adjacent to an activating group) is 1. The van der Waals surface area contributed by atoms with Crippen molar-refractivity contribution in [1.29, 1.82) is 0 Å². The van der Waals surface area contributed by atoms with Gasteiger partial charge >= 0.3 is 11.9 Å². The minimum Gasteiger partial charge on any atom is -1.00 e. The molecule has 1 aliphatic heterocycles. The molecule has 3 rings (SSSR count). The van der Waals surface area contributed by atoms with Crippen LogP contribution in [0.4, 0.5) is 0 Å². The molecule has 3 unspecified atom stereocenters. The molecule has 1 aliphatic carbocycles. The molecule has 1 saturated heterocycles. The fraction of sp³-hybridized carbons (Fsp3) is 0.619. The number of aliphatic hydroxyl groups is 1. The first-order chi connectivity index (χ1) is 12.9. The fourth-order valence-corrected chi connectivity index (χ4v) is 4.54. The molecular weight excluding hydrogens is 426 g/mol. The van der Waals surface area contributed by atoms with Crippen LogP contribution in [0.15, 0.2) is 30.3 Å². The van der Waals surface area contributed by atoms with Gasteiger partial charge in [0.1, 0.15) is 6.54 Å². The zero-order chi connectivity index (χ0) is 19.5. The molecule has 6 nitrogen and oxygen atoms in total. The number of nitrogens with zero attached hydrogens (tertiary/aromatic N) is 1. The van der Waals surface area contributed by atoms with Gasteiger partial charge in [0.15, 0.2) is 18.2 Å². The number of esters is 2. The highest BCUT2D eigenvalue weighted by Crippen LogP contribution is 2.42. The number of quaternary nitrogens is 1. The summed E-state index contributed by atoms with van der Waals surface area (Å²) in [6.45, 7) is 1.55. The fourth-order valence-electron chi connectivity index (χ4n) is 4.54. The van der Waals surface area contributed by atoms with Crippen molar-refractivity contribution in [2.24, 2.45) is 5.92 Å². The predicted octanol–water partition coefficient (Wildman–Crippen LogP) is -0.996. The molecule has 156 valence electrons. The number of carbonyl (C=O) groups is 2. The van der Waals surface area contributed by atoms with E-state index in [0.29, 0.717) is 23.0 Å². The Balaban J connectivity index is 0.00000280. The largest absolute Gasteiger partial charge is 1.00 e. The number of rotatable bonds is 6. The third-order valence-electron chi connectivity index (χ3n) is 6.12. The molecule has 28 heavy (non-hydrogen) atoms. The van der Waals surface area contributed by atoms with Crippen LogP contribution >= 0.6 is 0 Å². The summed E-state index contributed by atoms with van der Waals surface area (Å²) >= 11 is 0. The molecule has 7 heteroatoms. The van der Waals surface area contributed by atoms with Crippen LogP contribution in [0.2, 0.25) is 0 Å². The van der Waals surface area contributed by atoms with Crippen molar-refractivity contribution in [1.82, 2.24) is 0 Å². The summed E-state index contributed by atoms with van der Waals surface area (Å²) in [6.07, 6.45) is 4.05. The van der Waals surface area contributed by atoms with Crippen LogP contribution in [-0.4, -0.2) is 61.4 Å². The highest BCUT2D eigenvalue weighted by molar-refractivity contribution is 5.81. The second-order valence-corrected chi connectivity index (χ2v) is 8.19. The van der Waals surface area contributed by atoms with Crippen LogP contribution < -0.4 is 17.0 Å². The third kappa shape index (κ3) is 4.75. The molecule has 3 atom stereocenters. The topological polar surface area (TPSA) is 72.8 Å². The maximum Gasteiger partial charge on any atom is 0.361 e. The second kappa shape index (κ2) is 9.37. The second-order valence-electron chi connectivity index (χ2n) is 8.19. The minimum absolute atomic E-state index is 0. The summed E-state index contributed by atoms with van der Waals surface area (Å²) in [4.78, 5) is 24.8.